The van der Waals surface area contributed by atoms with Crippen LogP contribution in [0.4, 0.5) is 0 Å². The summed E-state index contributed by atoms with van der Waals surface area (Å²) in [5.74, 6) is 0. The summed E-state index contributed by atoms with van der Waals surface area (Å²) in [5, 5.41) is 0. The number of rotatable bonds is 1. The third-order valence-electron chi connectivity index (χ3n) is 2.51. The van der Waals surface area contributed by atoms with Crippen molar-refractivity contribution in [3.63, 3.8) is 0 Å². The van der Waals surface area contributed by atoms with Crippen LogP contribution in [0.1, 0.15) is 17.2 Å². The minimum absolute atomic E-state index is 0.274. The minimum Gasteiger partial charge on any atom is -0.279 e. The van der Waals surface area contributed by atoms with Crippen molar-refractivity contribution in [2.45, 2.75) is 13.0 Å². The largest absolute Gasteiger partial charge is 0.279 e. The topological polar surface area (TPSA) is 46.5 Å². The van der Waals surface area contributed by atoms with Gasteiger partial charge in [0.15, 0.2) is 0 Å². The average Bonchev–Trinajstić information content (AvgIpc) is 2.29. The van der Waals surface area contributed by atoms with Crippen LogP contribution < -0.4 is 0 Å². The number of hydrogen-bond donors (Lipinski definition) is 0. The van der Waals surface area contributed by atoms with Crippen LogP contribution >= 0.6 is 15.9 Å². The molecule has 17 heavy (non-hydrogen) atoms. The Morgan fingerprint density at radius 2 is 1.88 bits per heavy atom. The Balaban J connectivity index is 2.53. The summed E-state index contributed by atoms with van der Waals surface area (Å²) in [5.41, 5.74) is 2.00. The van der Waals surface area contributed by atoms with Crippen LogP contribution in [0, 0.1) is 6.92 Å². The number of benzene rings is 1. The third-order valence-corrected chi connectivity index (χ3v) is 4.27. The number of halogens is 1. The molecule has 0 radical (unpaired) electrons. The molecule has 1 heterocycles. The molecule has 5 heteroatoms. The summed E-state index contributed by atoms with van der Waals surface area (Å²) in [6.45, 7) is 1.99. The van der Waals surface area contributed by atoms with Gasteiger partial charge in [-0.05, 0) is 34.5 Å². The monoisotopic (exact) mass is 311 g/mol. The summed E-state index contributed by atoms with van der Waals surface area (Å²) in [6, 6.07) is 7.24. The Morgan fingerprint density at radius 1 is 1.24 bits per heavy atom. The van der Waals surface area contributed by atoms with Crippen molar-refractivity contribution >= 4 is 37.3 Å². The van der Waals surface area contributed by atoms with Crippen LogP contribution in [0.15, 0.2) is 39.8 Å². The number of nitrogens with zero attached hydrogens (tertiary/aromatic N) is 1. The highest BCUT2D eigenvalue weighted by Gasteiger charge is 2.23. The maximum absolute atomic E-state index is 11.2. The van der Waals surface area contributed by atoms with E-state index in [4.69, 9.17) is 0 Å². The quantitative estimate of drug-likeness (QED) is 0.748. The molecule has 0 aromatic heterocycles. The summed E-state index contributed by atoms with van der Waals surface area (Å²) in [6.07, 6.45) is 3.25. The lowest BCUT2D eigenvalue weighted by molar-refractivity contribution is 0.626. The second kappa shape index (κ2) is 4.98. The van der Waals surface area contributed by atoms with Gasteiger partial charge in [-0.2, -0.15) is 8.42 Å². The SMILES string of the molecule is Cc1ccc(C2N=CC=C(Br)C2=S(=O)=O)cc1. The van der Waals surface area contributed by atoms with Crippen LogP contribution in [-0.2, 0) is 10.3 Å². The van der Waals surface area contributed by atoms with Gasteiger partial charge in [0.2, 0.25) is 10.3 Å². The second-order valence-electron chi connectivity index (χ2n) is 3.72. The molecule has 1 unspecified atom stereocenters. The van der Waals surface area contributed by atoms with E-state index in [9.17, 15) is 8.42 Å². The molecule has 0 spiro atoms. The fourth-order valence-corrected chi connectivity index (χ4v) is 2.97. The first-order valence-corrected chi connectivity index (χ1v) is 6.88. The van der Waals surface area contributed by atoms with Crippen LogP contribution in [0.25, 0.3) is 0 Å². The van der Waals surface area contributed by atoms with E-state index in [1.165, 1.54) is 0 Å². The fraction of sp³-hybridized carbons (Fsp3) is 0.167. The molecule has 0 amide bonds. The number of aliphatic imine (C=N–C) groups is 1. The van der Waals surface area contributed by atoms with Gasteiger partial charge in [0, 0.05) is 10.7 Å². The summed E-state index contributed by atoms with van der Waals surface area (Å²) < 4.78 is 23.0. The van der Waals surface area contributed by atoms with Gasteiger partial charge >= 0.3 is 0 Å². The number of dihydropyridines is 1. The predicted octanol–water partition coefficient (Wildman–Crippen LogP) is 2.45. The molecule has 1 aromatic carbocycles. The van der Waals surface area contributed by atoms with Gasteiger partial charge in [0.25, 0.3) is 0 Å². The average molecular weight is 312 g/mol. The Labute approximate surface area is 110 Å². The van der Waals surface area contributed by atoms with Crippen molar-refractivity contribution in [1.29, 1.82) is 0 Å². The smallest absolute Gasteiger partial charge is 0.221 e. The molecule has 0 aliphatic carbocycles. The van der Waals surface area contributed by atoms with Gasteiger partial charge in [-0.3, -0.25) is 4.99 Å². The second-order valence-corrected chi connectivity index (χ2v) is 5.49. The first-order valence-electron chi connectivity index (χ1n) is 5.01. The first kappa shape index (κ1) is 12.3. The van der Waals surface area contributed by atoms with E-state index >= 15 is 0 Å². The van der Waals surface area contributed by atoms with Crippen molar-refractivity contribution < 1.29 is 8.42 Å². The molecule has 3 nitrogen and oxygen atoms in total. The highest BCUT2D eigenvalue weighted by molar-refractivity contribution is 9.12. The van der Waals surface area contributed by atoms with Crippen LogP contribution in [0.3, 0.4) is 0 Å². The summed E-state index contributed by atoms with van der Waals surface area (Å²) in [7, 11) is -2.28. The standard InChI is InChI=1S/C12H10BrNO2S/c1-8-2-4-9(5-3-8)11-12(17(15)16)10(13)6-7-14-11/h2-7,11H,1H3. The zero-order valence-corrected chi connectivity index (χ0v) is 11.5. The van der Waals surface area contributed by atoms with Crippen molar-refractivity contribution in [2.24, 2.45) is 4.99 Å². The Hall–Kier alpha value is -1.20. The van der Waals surface area contributed by atoms with E-state index < -0.39 is 16.3 Å². The predicted molar refractivity (Wildman–Crippen MR) is 73.3 cm³/mol. The Kier molecular flexibility index (Phi) is 3.59. The van der Waals surface area contributed by atoms with Crippen molar-refractivity contribution in [2.75, 3.05) is 0 Å². The normalized spacial score (nSPS) is 19.1. The molecule has 1 aromatic rings. The molecule has 2 rings (SSSR count). The van der Waals surface area contributed by atoms with Gasteiger partial charge in [0.05, 0.1) is 0 Å². The zero-order valence-electron chi connectivity index (χ0n) is 9.09. The van der Waals surface area contributed by atoms with E-state index in [1.54, 1.807) is 12.3 Å². The summed E-state index contributed by atoms with van der Waals surface area (Å²) in [4.78, 5) is 4.50. The molecule has 1 aliphatic rings. The molecular formula is C12H10BrNO2S. The van der Waals surface area contributed by atoms with Crippen molar-refractivity contribution in [3.8, 4) is 0 Å². The third kappa shape index (κ3) is 2.56. The van der Waals surface area contributed by atoms with E-state index in [0.29, 0.717) is 4.48 Å². The van der Waals surface area contributed by atoms with Gasteiger partial charge in [-0.25, -0.2) is 0 Å². The minimum atomic E-state index is -2.28. The maximum Gasteiger partial charge on any atom is 0.221 e. The number of aryl methyl sites for hydroxylation is 1. The molecule has 88 valence electrons. The van der Waals surface area contributed by atoms with E-state index in [1.807, 2.05) is 31.2 Å². The van der Waals surface area contributed by atoms with Crippen LogP contribution in [0.5, 0.6) is 0 Å². The molecule has 0 bridgehead atoms. The number of allylic oxidation sites excluding steroid dienone is 1. The Morgan fingerprint density at radius 3 is 2.47 bits per heavy atom. The van der Waals surface area contributed by atoms with Crippen molar-refractivity contribution in [1.82, 2.24) is 0 Å². The van der Waals surface area contributed by atoms with Gasteiger partial charge < -0.3 is 0 Å². The molecule has 0 saturated heterocycles. The van der Waals surface area contributed by atoms with Crippen LogP contribution in [-0.4, -0.2) is 19.5 Å². The molecule has 1 atom stereocenters. The molecule has 0 fully saturated rings. The summed E-state index contributed by atoms with van der Waals surface area (Å²) >= 11 is 3.25. The van der Waals surface area contributed by atoms with E-state index in [0.717, 1.165) is 11.1 Å². The van der Waals surface area contributed by atoms with E-state index in [-0.39, 0.29) is 4.86 Å². The molecule has 0 saturated carbocycles. The van der Waals surface area contributed by atoms with Crippen molar-refractivity contribution in [3.05, 3.63) is 46.0 Å². The highest BCUT2D eigenvalue weighted by Crippen LogP contribution is 2.27. The number of hydrogen-bond acceptors (Lipinski definition) is 3. The molecular weight excluding hydrogens is 302 g/mol. The zero-order chi connectivity index (χ0) is 12.4. The van der Waals surface area contributed by atoms with Gasteiger partial charge in [0.1, 0.15) is 10.9 Å². The lowest BCUT2D eigenvalue weighted by atomic mass is 10.0. The molecule has 0 N–H and O–H groups in total. The lowest BCUT2D eigenvalue weighted by Gasteiger charge is -2.16. The first-order chi connectivity index (χ1) is 8.09. The van der Waals surface area contributed by atoms with Crippen LogP contribution in [0.2, 0.25) is 0 Å². The Bertz CT molecular complexity index is 619. The van der Waals surface area contributed by atoms with E-state index in [2.05, 4.69) is 20.9 Å². The highest BCUT2D eigenvalue weighted by atomic mass is 79.9. The fourth-order valence-electron chi connectivity index (χ4n) is 1.63. The van der Waals surface area contributed by atoms with Gasteiger partial charge in [-0.1, -0.05) is 29.8 Å². The maximum atomic E-state index is 11.2. The van der Waals surface area contributed by atoms with Gasteiger partial charge in [-0.15, -0.1) is 0 Å². The molecule has 1 aliphatic heterocycles. The lowest BCUT2D eigenvalue weighted by Crippen LogP contribution is -2.15.